The second kappa shape index (κ2) is 9.26. The molecule has 6 heteroatoms. The van der Waals surface area contributed by atoms with E-state index < -0.39 is 5.97 Å². The first-order valence-corrected chi connectivity index (χ1v) is 10.0. The fraction of sp³-hybridized carbons (Fsp3) is 0.160. The quantitative estimate of drug-likeness (QED) is 0.434. The van der Waals surface area contributed by atoms with Gasteiger partial charge < -0.3 is 14.5 Å². The Bertz CT molecular complexity index is 1210. The van der Waals surface area contributed by atoms with Crippen LogP contribution < -0.4 is 5.32 Å². The minimum atomic E-state index is -0.483. The molecule has 0 aliphatic heterocycles. The van der Waals surface area contributed by atoms with Crippen LogP contribution in [0.1, 0.15) is 17.9 Å². The van der Waals surface area contributed by atoms with Gasteiger partial charge >= 0.3 is 5.97 Å². The summed E-state index contributed by atoms with van der Waals surface area (Å²) >= 11 is 0. The van der Waals surface area contributed by atoms with Gasteiger partial charge in [0.15, 0.2) is 18.3 Å². The van der Waals surface area contributed by atoms with E-state index in [-0.39, 0.29) is 18.9 Å². The van der Waals surface area contributed by atoms with Gasteiger partial charge in [-0.2, -0.15) is 0 Å². The van der Waals surface area contributed by atoms with Crippen molar-refractivity contribution in [2.24, 2.45) is 0 Å². The minimum Gasteiger partial charge on any atom is -0.456 e. The fourth-order valence-electron chi connectivity index (χ4n) is 3.23. The molecule has 0 atom stereocenters. The predicted octanol–water partition coefficient (Wildman–Crippen LogP) is 4.92. The average Bonchev–Trinajstić information content (AvgIpc) is 3.26. The van der Waals surface area contributed by atoms with E-state index >= 15 is 0 Å². The second-order valence-electron chi connectivity index (χ2n) is 7.22. The molecule has 0 spiro atoms. The molecule has 4 rings (SSSR count). The summed E-state index contributed by atoms with van der Waals surface area (Å²) in [5.74, 6) is 0.233. The molecule has 0 fully saturated rings. The molecular weight excluding hydrogens is 392 g/mol. The molecule has 1 heterocycles. The summed E-state index contributed by atoms with van der Waals surface area (Å²) in [6, 6.07) is 21.3. The lowest BCUT2D eigenvalue weighted by Crippen LogP contribution is -2.21. The second-order valence-corrected chi connectivity index (χ2v) is 7.22. The summed E-state index contributed by atoms with van der Waals surface area (Å²) in [5.41, 5.74) is 2.77. The molecular formula is C25H22N2O4. The fourth-order valence-corrected chi connectivity index (χ4v) is 3.23. The lowest BCUT2D eigenvalue weighted by atomic mass is 10.1. The average molecular weight is 414 g/mol. The summed E-state index contributed by atoms with van der Waals surface area (Å²) in [6.45, 7) is 1.67. The molecule has 1 aromatic heterocycles. The number of anilines is 1. The first-order chi connectivity index (χ1) is 15.1. The number of aryl methyl sites for hydroxylation is 2. The third-order valence-electron chi connectivity index (χ3n) is 4.86. The molecule has 0 radical (unpaired) electrons. The number of oxazole rings is 1. The Morgan fingerprint density at radius 3 is 2.61 bits per heavy atom. The Balaban J connectivity index is 1.26. The Labute approximate surface area is 179 Å². The SMILES string of the molecule is Cc1ccc(-c2cnc(CCC(=O)OCC(=O)Nc3cccc4ccccc34)o2)cc1. The van der Waals surface area contributed by atoms with E-state index in [1.165, 1.54) is 0 Å². The van der Waals surface area contributed by atoms with Gasteiger partial charge in [0.25, 0.3) is 5.91 Å². The highest BCUT2D eigenvalue weighted by Gasteiger charge is 2.12. The molecule has 0 bridgehead atoms. The Morgan fingerprint density at radius 2 is 1.77 bits per heavy atom. The van der Waals surface area contributed by atoms with E-state index in [0.717, 1.165) is 21.9 Å². The zero-order valence-electron chi connectivity index (χ0n) is 17.1. The largest absolute Gasteiger partial charge is 0.456 e. The van der Waals surface area contributed by atoms with Crippen molar-refractivity contribution in [1.29, 1.82) is 0 Å². The normalized spacial score (nSPS) is 10.7. The van der Waals surface area contributed by atoms with Gasteiger partial charge in [-0.3, -0.25) is 9.59 Å². The van der Waals surface area contributed by atoms with Crippen molar-refractivity contribution >= 4 is 28.3 Å². The van der Waals surface area contributed by atoms with Crippen LogP contribution in [-0.4, -0.2) is 23.5 Å². The molecule has 0 unspecified atom stereocenters. The van der Waals surface area contributed by atoms with E-state index in [9.17, 15) is 9.59 Å². The molecule has 156 valence electrons. The van der Waals surface area contributed by atoms with Crippen LogP contribution in [0.3, 0.4) is 0 Å². The summed E-state index contributed by atoms with van der Waals surface area (Å²) in [5, 5.41) is 4.74. The number of carbonyl (C=O) groups excluding carboxylic acids is 2. The minimum absolute atomic E-state index is 0.0788. The summed E-state index contributed by atoms with van der Waals surface area (Å²) < 4.78 is 10.8. The first kappa shape index (κ1) is 20.3. The maximum Gasteiger partial charge on any atom is 0.306 e. The van der Waals surface area contributed by atoms with E-state index in [0.29, 0.717) is 23.8 Å². The molecule has 1 amide bonds. The van der Waals surface area contributed by atoms with Gasteiger partial charge in [0.2, 0.25) is 0 Å². The summed E-state index contributed by atoms with van der Waals surface area (Å²) in [7, 11) is 0. The maximum atomic E-state index is 12.2. The van der Waals surface area contributed by atoms with Crippen LogP contribution >= 0.6 is 0 Å². The van der Waals surface area contributed by atoms with Crippen LogP contribution in [0, 0.1) is 6.92 Å². The molecule has 0 aliphatic carbocycles. The number of nitrogens with one attached hydrogen (secondary N) is 1. The smallest absolute Gasteiger partial charge is 0.306 e. The van der Waals surface area contributed by atoms with Gasteiger partial charge in [0, 0.05) is 23.1 Å². The van der Waals surface area contributed by atoms with Gasteiger partial charge in [-0.1, -0.05) is 66.2 Å². The standard InChI is InChI=1S/C25H22N2O4/c1-17-9-11-19(12-10-17)22-15-26-24(31-22)13-14-25(29)30-16-23(28)27-21-8-4-6-18-5-2-3-7-20(18)21/h2-12,15H,13-14,16H2,1H3,(H,27,28). The number of hydrogen-bond acceptors (Lipinski definition) is 5. The van der Waals surface area contributed by atoms with Crippen molar-refractivity contribution in [2.45, 2.75) is 19.8 Å². The lowest BCUT2D eigenvalue weighted by Gasteiger charge is -2.09. The Hall–Kier alpha value is -3.93. The van der Waals surface area contributed by atoms with Gasteiger partial charge in [-0.05, 0) is 18.4 Å². The highest BCUT2D eigenvalue weighted by atomic mass is 16.5. The van der Waals surface area contributed by atoms with Crippen molar-refractivity contribution in [1.82, 2.24) is 4.98 Å². The van der Waals surface area contributed by atoms with Crippen LogP contribution in [0.4, 0.5) is 5.69 Å². The third kappa shape index (κ3) is 5.17. The van der Waals surface area contributed by atoms with Crippen molar-refractivity contribution in [3.63, 3.8) is 0 Å². The van der Waals surface area contributed by atoms with Crippen LogP contribution in [0.15, 0.2) is 77.3 Å². The third-order valence-corrected chi connectivity index (χ3v) is 4.86. The Kier molecular flexibility index (Phi) is 6.08. The van der Waals surface area contributed by atoms with E-state index in [4.69, 9.17) is 9.15 Å². The van der Waals surface area contributed by atoms with Crippen molar-refractivity contribution < 1.29 is 18.7 Å². The first-order valence-electron chi connectivity index (χ1n) is 10.0. The van der Waals surface area contributed by atoms with Gasteiger partial charge in [-0.25, -0.2) is 4.98 Å². The van der Waals surface area contributed by atoms with Gasteiger partial charge in [0.1, 0.15) is 0 Å². The molecule has 31 heavy (non-hydrogen) atoms. The number of carbonyl (C=O) groups is 2. The highest BCUT2D eigenvalue weighted by molar-refractivity contribution is 6.02. The summed E-state index contributed by atoms with van der Waals surface area (Å²) in [4.78, 5) is 28.4. The molecule has 0 aliphatic rings. The zero-order valence-corrected chi connectivity index (χ0v) is 17.1. The molecule has 4 aromatic rings. The van der Waals surface area contributed by atoms with Crippen LogP contribution in [0.25, 0.3) is 22.1 Å². The van der Waals surface area contributed by atoms with Crippen molar-refractivity contribution in [3.8, 4) is 11.3 Å². The van der Waals surface area contributed by atoms with Crippen molar-refractivity contribution in [3.05, 3.63) is 84.4 Å². The molecule has 0 saturated heterocycles. The predicted molar refractivity (Wildman–Crippen MR) is 119 cm³/mol. The number of rotatable bonds is 7. The van der Waals surface area contributed by atoms with Crippen LogP contribution in [0.2, 0.25) is 0 Å². The van der Waals surface area contributed by atoms with Gasteiger partial charge in [0.05, 0.1) is 12.6 Å². The van der Waals surface area contributed by atoms with Crippen LogP contribution in [-0.2, 0) is 20.7 Å². The molecule has 3 aromatic carbocycles. The highest BCUT2D eigenvalue weighted by Crippen LogP contribution is 2.23. The monoisotopic (exact) mass is 414 g/mol. The number of aromatic nitrogens is 1. The topological polar surface area (TPSA) is 81.4 Å². The number of benzene rings is 3. The number of fused-ring (bicyclic) bond motifs is 1. The molecule has 0 saturated carbocycles. The van der Waals surface area contributed by atoms with Crippen LogP contribution in [0.5, 0.6) is 0 Å². The van der Waals surface area contributed by atoms with Gasteiger partial charge in [-0.15, -0.1) is 0 Å². The molecule has 1 N–H and O–H groups in total. The number of hydrogen-bond donors (Lipinski definition) is 1. The zero-order chi connectivity index (χ0) is 21.6. The maximum absolute atomic E-state index is 12.2. The Morgan fingerprint density at radius 1 is 1.00 bits per heavy atom. The van der Waals surface area contributed by atoms with E-state index in [1.54, 1.807) is 6.20 Å². The number of amides is 1. The number of nitrogens with zero attached hydrogens (tertiary/aromatic N) is 1. The number of esters is 1. The van der Waals surface area contributed by atoms with Crippen molar-refractivity contribution in [2.75, 3.05) is 11.9 Å². The molecule has 6 nitrogen and oxygen atoms in total. The van der Waals surface area contributed by atoms with E-state index in [1.807, 2.05) is 73.7 Å². The lowest BCUT2D eigenvalue weighted by molar-refractivity contribution is -0.147. The summed E-state index contributed by atoms with van der Waals surface area (Å²) in [6.07, 6.45) is 2.02. The van der Waals surface area contributed by atoms with E-state index in [2.05, 4.69) is 10.3 Å². The number of ether oxygens (including phenoxy) is 1.